The van der Waals surface area contributed by atoms with Crippen molar-refractivity contribution in [2.24, 2.45) is 0 Å². The highest BCUT2D eigenvalue weighted by Crippen LogP contribution is 2.49. The Morgan fingerprint density at radius 1 is 0.450 bits per heavy atom. The van der Waals surface area contributed by atoms with E-state index >= 15 is 17.6 Å². The third kappa shape index (κ3) is 3.78. The third-order valence-electron chi connectivity index (χ3n) is 6.23. The Balaban J connectivity index is 2.14. The van der Waals surface area contributed by atoms with Crippen molar-refractivity contribution in [1.82, 2.24) is 0 Å². The summed E-state index contributed by atoms with van der Waals surface area (Å²) in [4.78, 5) is 0. The second-order valence-corrected chi connectivity index (χ2v) is 8.43. The summed E-state index contributed by atoms with van der Waals surface area (Å²) in [7, 11) is 0. The molecule has 40 heavy (non-hydrogen) atoms. The number of fused-ring (bicyclic) bond motifs is 2. The molecule has 0 amide bonds. The van der Waals surface area contributed by atoms with Gasteiger partial charge in [-0.3, -0.25) is 0 Å². The summed E-state index contributed by atoms with van der Waals surface area (Å²) in [5, 5.41) is -4.21. The molecule has 0 heterocycles. The zero-order chi connectivity index (χ0) is 29.4. The van der Waals surface area contributed by atoms with Crippen LogP contribution < -0.4 is 0 Å². The lowest BCUT2D eigenvalue weighted by Gasteiger charge is -2.21. The first-order valence-electron chi connectivity index (χ1n) is 10.8. The van der Waals surface area contributed by atoms with E-state index in [1.807, 2.05) is 0 Å². The molecule has 0 aliphatic rings. The Bertz CT molecular complexity index is 1860. The number of halogens is 13. The van der Waals surface area contributed by atoms with Crippen LogP contribution in [-0.2, 0) is 6.18 Å². The van der Waals surface area contributed by atoms with Gasteiger partial charge in [0.2, 0.25) is 0 Å². The summed E-state index contributed by atoms with van der Waals surface area (Å²) < 4.78 is 187. The van der Waals surface area contributed by atoms with Gasteiger partial charge in [-0.25, -0.2) is 43.9 Å². The molecule has 0 aliphatic heterocycles. The second kappa shape index (κ2) is 9.14. The predicted molar refractivity (Wildman–Crippen MR) is 117 cm³/mol. The van der Waals surface area contributed by atoms with Crippen molar-refractivity contribution in [3.8, 4) is 22.3 Å². The summed E-state index contributed by atoms with van der Waals surface area (Å²) in [6.45, 7) is 0. The lowest BCUT2D eigenvalue weighted by atomic mass is 9.84. The molecule has 0 unspecified atom stereocenters. The SMILES string of the molecule is Fc1ccc(-c2c3ccccc3c(-c3c(F)c(F)c(C(F)(F)F)c(F)c3F)c3c(F)c(F)c(F)c(F)c23)c(F)c1. The molecule has 13 heteroatoms. The second-order valence-electron chi connectivity index (χ2n) is 8.43. The molecule has 206 valence electrons. The van der Waals surface area contributed by atoms with Crippen LogP contribution in [0, 0.1) is 58.2 Å². The molecular weight excluding hydrogens is 571 g/mol. The van der Waals surface area contributed by atoms with Crippen molar-refractivity contribution < 1.29 is 57.1 Å². The monoisotopic (exact) mass is 578 g/mol. The van der Waals surface area contributed by atoms with E-state index in [0.29, 0.717) is 12.1 Å². The van der Waals surface area contributed by atoms with Crippen molar-refractivity contribution in [1.29, 1.82) is 0 Å². The van der Waals surface area contributed by atoms with Crippen LogP contribution in [-0.4, -0.2) is 0 Å². The minimum absolute atomic E-state index is 0.290. The Kier molecular flexibility index (Phi) is 6.23. The van der Waals surface area contributed by atoms with Crippen LogP contribution in [0.2, 0.25) is 0 Å². The molecule has 0 radical (unpaired) electrons. The predicted octanol–water partition coefficient (Wildman–Crippen LogP) is 9.74. The fraction of sp³-hybridized carbons (Fsp3) is 0.0370. The van der Waals surface area contributed by atoms with E-state index in [9.17, 15) is 39.5 Å². The van der Waals surface area contributed by atoms with Gasteiger partial charge in [-0.15, -0.1) is 0 Å². The maximum absolute atomic E-state index is 15.4. The van der Waals surface area contributed by atoms with Crippen LogP contribution in [0.1, 0.15) is 5.56 Å². The summed E-state index contributed by atoms with van der Waals surface area (Å²) in [5.74, 6) is -23.6. The van der Waals surface area contributed by atoms with Gasteiger partial charge in [0, 0.05) is 33.5 Å². The van der Waals surface area contributed by atoms with Gasteiger partial charge in [-0.05, 0) is 22.9 Å². The summed E-state index contributed by atoms with van der Waals surface area (Å²) in [6.07, 6.45) is -5.95. The van der Waals surface area contributed by atoms with Crippen molar-refractivity contribution in [3.63, 3.8) is 0 Å². The van der Waals surface area contributed by atoms with Crippen LogP contribution in [0.15, 0.2) is 42.5 Å². The van der Waals surface area contributed by atoms with Gasteiger partial charge in [-0.1, -0.05) is 24.3 Å². The standard InChI is InChI=1S/C27H7F13/c28-8-5-6-11(12(29)7-8)13-9-3-1-2-4-10(9)14(16-15(13)19(30)25(36)26(37)20(16)31)17-21(32)23(34)18(27(38,39)40)24(35)22(17)33/h1-7H. The van der Waals surface area contributed by atoms with E-state index in [2.05, 4.69) is 0 Å². The molecule has 0 fully saturated rings. The molecule has 5 aromatic rings. The molecule has 0 saturated carbocycles. The summed E-state index contributed by atoms with van der Waals surface area (Å²) in [6, 6.07) is 5.70. The minimum atomic E-state index is -5.95. The third-order valence-corrected chi connectivity index (χ3v) is 6.23. The Hall–Kier alpha value is -4.29. The highest BCUT2D eigenvalue weighted by molar-refractivity contribution is 6.21. The van der Waals surface area contributed by atoms with Crippen molar-refractivity contribution in [3.05, 3.63) is 106 Å². The van der Waals surface area contributed by atoms with Gasteiger partial charge in [0.15, 0.2) is 46.5 Å². The molecule has 0 aliphatic carbocycles. The van der Waals surface area contributed by atoms with Crippen molar-refractivity contribution in [2.45, 2.75) is 6.18 Å². The summed E-state index contributed by atoms with van der Waals surface area (Å²) in [5.41, 5.74) is -7.94. The fourth-order valence-electron chi connectivity index (χ4n) is 4.62. The molecule has 5 rings (SSSR count). The molecule has 5 aromatic carbocycles. The van der Waals surface area contributed by atoms with Crippen LogP contribution in [0.25, 0.3) is 43.8 Å². The van der Waals surface area contributed by atoms with E-state index in [4.69, 9.17) is 0 Å². The molecule has 0 N–H and O–H groups in total. The van der Waals surface area contributed by atoms with Gasteiger partial charge < -0.3 is 0 Å². The number of benzene rings is 5. The number of alkyl halides is 3. The molecule has 0 saturated heterocycles. The maximum Gasteiger partial charge on any atom is 0.422 e. The minimum Gasteiger partial charge on any atom is -0.207 e. The zero-order valence-electron chi connectivity index (χ0n) is 19.0. The van der Waals surface area contributed by atoms with Crippen LogP contribution in [0.5, 0.6) is 0 Å². The first-order chi connectivity index (χ1) is 18.7. The van der Waals surface area contributed by atoms with E-state index in [-0.39, 0.29) is 6.07 Å². The molecule has 0 aromatic heterocycles. The average Bonchev–Trinajstić information content (AvgIpc) is 2.89. The van der Waals surface area contributed by atoms with E-state index in [1.165, 1.54) is 0 Å². The van der Waals surface area contributed by atoms with Gasteiger partial charge in [0.25, 0.3) is 0 Å². The number of hydrogen-bond acceptors (Lipinski definition) is 0. The van der Waals surface area contributed by atoms with Crippen LogP contribution >= 0.6 is 0 Å². The molecule has 0 atom stereocenters. The van der Waals surface area contributed by atoms with Gasteiger partial charge >= 0.3 is 6.18 Å². The first-order valence-corrected chi connectivity index (χ1v) is 10.8. The topological polar surface area (TPSA) is 0 Å². The zero-order valence-corrected chi connectivity index (χ0v) is 19.0. The number of rotatable bonds is 2. The van der Waals surface area contributed by atoms with Crippen molar-refractivity contribution >= 4 is 21.5 Å². The fourth-order valence-corrected chi connectivity index (χ4v) is 4.62. The molecule has 0 nitrogen and oxygen atoms in total. The van der Waals surface area contributed by atoms with Gasteiger partial charge in [0.1, 0.15) is 17.2 Å². The van der Waals surface area contributed by atoms with Crippen LogP contribution in [0.4, 0.5) is 57.1 Å². The highest BCUT2D eigenvalue weighted by Gasteiger charge is 2.43. The smallest absolute Gasteiger partial charge is 0.207 e. The first kappa shape index (κ1) is 27.3. The lowest BCUT2D eigenvalue weighted by molar-refractivity contribution is -0.143. The molecule has 0 bridgehead atoms. The molecular formula is C27H7F13. The Labute approximate surface area is 213 Å². The lowest BCUT2D eigenvalue weighted by Crippen LogP contribution is -2.16. The van der Waals surface area contributed by atoms with Crippen molar-refractivity contribution in [2.75, 3.05) is 0 Å². The van der Waals surface area contributed by atoms with E-state index in [1.54, 1.807) is 0 Å². The Morgan fingerprint density at radius 3 is 1.40 bits per heavy atom. The highest BCUT2D eigenvalue weighted by atomic mass is 19.4. The normalized spacial score (nSPS) is 12.1. The average molecular weight is 578 g/mol. The maximum atomic E-state index is 15.4. The van der Waals surface area contributed by atoms with Gasteiger partial charge in [-0.2, -0.15) is 13.2 Å². The van der Waals surface area contributed by atoms with Crippen LogP contribution in [0.3, 0.4) is 0 Å². The summed E-state index contributed by atoms with van der Waals surface area (Å²) >= 11 is 0. The van der Waals surface area contributed by atoms with Gasteiger partial charge in [0.05, 0.1) is 5.56 Å². The largest absolute Gasteiger partial charge is 0.422 e. The van der Waals surface area contributed by atoms with E-state index in [0.717, 1.165) is 24.3 Å². The molecule has 0 spiro atoms. The quantitative estimate of drug-likeness (QED) is 0.0847. The number of hydrogen-bond donors (Lipinski definition) is 0. The Morgan fingerprint density at radius 2 is 0.925 bits per heavy atom. The van der Waals surface area contributed by atoms with E-state index < -0.39 is 114 Å².